The van der Waals surface area contributed by atoms with E-state index in [-0.39, 0.29) is 0 Å². The molecule has 20 heavy (non-hydrogen) atoms. The molecule has 0 amide bonds. The lowest BCUT2D eigenvalue weighted by atomic mass is 10.1. The lowest BCUT2D eigenvalue weighted by Gasteiger charge is -2.28. The summed E-state index contributed by atoms with van der Waals surface area (Å²) in [5, 5.41) is 3.12. The first-order chi connectivity index (χ1) is 9.38. The molecule has 0 N–H and O–H groups in total. The van der Waals surface area contributed by atoms with Crippen LogP contribution in [-0.4, -0.2) is 8.07 Å². The number of hydrogen-bond donors (Lipinski definition) is 0. The van der Waals surface area contributed by atoms with E-state index in [1.807, 2.05) is 0 Å². The highest BCUT2D eigenvalue weighted by Gasteiger charge is 2.30. The molecule has 0 radical (unpaired) electrons. The highest BCUT2D eigenvalue weighted by Crippen LogP contribution is 2.15. The van der Waals surface area contributed by atoms with Gasteiger partial charge in [-0.15, -0.1) is 0 Å². The van der Waals surface area contributed by atoms with Gasteiger partial charge in [-0.3, -0.25) is 0 Å². The minimum atomic E-state index is -1.58. The second-order valence-electron chi connectivity index (χ2n) is 6.28. The Morgan fingerprint density at radius 2 is 1.10 bits per heavy atom. The fourth-order valence-electron chi connectivity index (χ4n) is 2.74. The fourth-order valence-corrected chi connectivity index (χ4v) is 5.87. The molecule has 0 heterocycles. The molecule has 0 spiro atoms. The van der Waals surface area contributed by atoms with Gasteiger partial charge in [0, 0.05) is 0 Å². The van der Waals surface area contributed by atoms with Gasteiger partial charge in [0.25, 0.3) is 0 Å². The highest BCUT2D eigenvalue weighted by atomic mass is 28.3. The summed E-state index contributed by atoms with van der Waals surface area (Å²) in [6, 6.07) is 15.4. The molecule has 2 aromatic carbocycles. The largest absolute Gasteiger partial charge is 0.114 e. The summed E-state index contributed by atoms with van der Waals surface area (Å²) in [4.78, 5) is 0. The molecule has 0 fully saturated rings. The molecule has 1 heteroatoms. The van der Waals surface area contributed by atoms with Crippen LogP contribution in [0.25, 0.3) is 0 Å². The van der Waals surface area contributed by atoms with Gasteiger partial charge in [0.1, 0.15) is 8.07 Å². The SMILES string of the molecule is CC[Si](C)(c1ccc(C)c(C)c1)c1ccc(C)c(C)c1. The minimum absolute atomic E-state index is 1.25. The third-order valence-corrected chi connectivity index (χ3v) is 9.58. The molecule has 0 aliphatic heterocycles. The minimum Gasteiger partial charge on any atom is -0.0672 e. The lowest BCUT2D eigenvalue weighted by molar-refractivity contribution is 1.32. The van der Waals surface area contributed by atoms with Crippen molar-refractivity contribution in [1.82, 2.24) is 0 Å². The Morgan fingerprint density at radius 3 is 1.40 bits per heavy atom. The summed E-state index contributed by atoms with van der Waals surface area (Å²) in [6.45, 7) is 13.7. The topological polar surface area (TPSA) is 0 Å². The first-order valence-electron chi connectivity index (χ1n) is 7.54. The highest BCUT2D eigenvalue weighted by molar-refractivity contribution is 7.01. The monoisotopic (exact) mass is 282 g/mol. The van der Waals surface area contributed by atoms with E-state index in [0.29, 0.717) is 0 Å². The van der Waals surface area contributed by atoms with Crippen molar-refractivity contribution in [2.24, 2.45) is 0 Å². The molecule has 0 bridgehead atoms. The Bertz CT molecular complexity index is 574. The zero-order chi connectivity index (χ0) is 14.9. The van der Waals surface area contributed by atoms with Crippen molar-refractivity contribution in [3.8, 4) is 0 Å². The summed E-state index contributed by atoms with van der Waals surface area (Å²) in [5.74, 6) is 0. The van der Waals surface area contributed by atoms with Gasteiger partial charge >= 0.3 is 0 Å². The molecule has 0 nitrogen and oxygen atoms in total. The van der Waals surface area contributed by atoms with Crippen molar-refractivity contribution in [2.75, 3.05) is 0 Å². The van der Waals surface area contributed by atoms with Gasteiger partial charge in [0.05, 0.1) is 0 Å². The van der Waals surface area contributed by atoms with E-state index in [4.69, 9.17) is 0 Å². The Morgan fingerprint density at radius 1 is 0.700 bits per heavy atom. The summed E-state index contributed by atoms with van der Waals surface area (Å²) >= 11 is 0. The molecule has 106 valence electrons. The molecule has 2 rings (SSSR count). The predicted molar refractivity (Wildman–Crippen MR) is 93.2 cm³/mol. The molecule has 2 aromatic rings. The molecule has 0 atom stereocenters. The van der Waals surface area contributed by atoms with Crippen LogP contribution in [0, 0.1) is 27.7 Å². The Kier molecular flexibility index (Phi) is 4.19. The van der Waals surface area contributed by atoms with E-state index in [0.717, 1.165) is 0 Å². The molecule has 0 aliphatic rings. The average molecular weight is 283 g/mol. The lowest BCUT2D eigenvalue weighted by Crippen LogP contribution is -2.55. The summed E-state index contributed by atoms with van der Waals surface area (Å²) in [5.41, 5.74) is 5.61. The maximum atomic E-state index is 2.50. The van der Waals surface area contributed by atoms with E-state index < -0.39 is 8.07 Å². The van der Waals surface area contributed by atoms with Crippen LogP contribution in [0.4, 0.5) is 0 Å². The van der Waals surface area contributed by atoms with Crippen LogP contribution in [0.2, 0.25) is 12.6 Å². The van der Waals surface area contributed by atoms with Gasteiger partial charge in [-0.05, 0) is 49.9 Å². The van der Waals surface area contributed by atoms with Crippen molar-refractivity contribution >= 4 is 18.4 Å². The van der Waals surface area contributed by atoms with Gasteiger partial charge < -0.3 is 0 Å². The van der Waals surface area contributed by atoms with Gasteiger partial charge in [0.15, 0.2) is 0 Å². The quantitative estimate of drug-likeness (QED) is 0.743. The maximum Gasteiger partial charge on any atom is 0.114 e. The Balaban J connectivity index is 2.57. The van der Waals surface area contributed by atoms with E-state index in [1.54, 1.807) is 10.4 Å². The fraction of sp³-hybridized carbons (Fsp3) is 0.368. The van der Waals surface area contributed by atoms with E-state index in [1.165, 1.54) is 28.3 Å². The summed E-state index contributed by atoms with van der Waals surface area (Å²) in [6.07, 6.45) is 0. The predicted octanol–water partition coefficient (Wildman–Crippen LogP) is 4.13. The molecule has 0 unspecified atom stereocenters. The van der Waals surface area contributed by atoms with Crippen molar-refractivity contribution in [2.45, 2.75) is 47.2 Å². The Labute approximate surface area is 124 Å². The van der Waals surface area contributed by atoms with Crippen LogP contribution in [0.15, 0.2) is 36.4 Å². The molecular formula is C19H26Si. The van der Waals surface area contributed by atoms with Crippen LogP contribution < -0.4 is 10.4 Å². The van der Waals surface area contributed by atoms with Crippen LogP contribution in [0.1, 0.15) is 29.2 Å². The van der Waals surface area contributed by atoms with Crippen molar-refractivity contribution in [1.29, 1.82) is 0 Å². The second-order valence-corrected chi connectivity index (χ2v) is 10.8. The number of rotatable bonds is 3. The smallest absolute Gasteiger partial charge is 0.0672 e. The van der Waals surface area contributed by atoms with E-state index in [9.17, 15) is 0 Å². The molecule has 0 aliphatic carbocycles. The van der Waals surface area contributed by atoms with Crippen LogP contribution in [0.3, 0.4) is 0 Å². The maximum absolute atomic E-state index is 2.50. The summed E-state index contributed by atoms with van der Waals surface area (Å²) < 4.78 is 0. The second kappa shape index (κ2) is 5.57. The van der Waals surface area contributed by atoms with Crippen LogP contribution in [0.5, 0.6) is 0 Å². The van der Waals surface area contributed by atoms with Crippen LogP contribution in [-0.2, 0) is 0 Å². The van der Waals surface area contributed by atoms with Crippen molar-refractivity contribution in [3.05, 3.63) is 58.7 Å². The normalized spacial score (nSPS) is 11.7. The van der Waals surface area contributed by atoms with Gasteiger partial charge in [0.2, 0.25) is 0 Å². The number of hydrogen-bond acceptors (Lipinski definition) is 0. The molecular weight excluding hydrogens is 256 g/mol. The average Bonchev–Trinajstić information content (AvgIpc) is 2.44. The van der Waals surface area contributed by atoms with Gasteiger partial charge in [-0.25, -0.2) is 0 Å². The molecule has 0 saturated carbocycles. The first kappa shape index (κ1) is 15.1. The zero-order valence-corrected chi connectivity index (χ0v) is 14.7. The summed E-state index contributed by atoms with van der Waals surface area (Å²) in [7, 11) is -1.58. The number of benzene rings is 2. The van der Waals surface area contributed by atoms with Gasteiger partial charge in [-0.2, -0.15) is 0 Å². The van der Waals surface area contributed by atoms with Crippen molar-refractivity contribution < 1.29 is 0 Å². The van der Waals surface area contributed by atoms with Crippen LogP contribution >= 0.6 is 0 Å². The first-order valence-corrected chi connectivity index (χ1v) is 10.2. The van der Waals surface area contributed by atoms with E-state index >= 15 is 0 Å². The van der Waals surface area contributed by atoms with Gasteiger partial charge in [-0.1, -0.05) is 66.3 Å². The van der Waals surface area contributed by atoms with E-state index in [2.05, 4.69) is 77.6 Å². The third-order valence-electron chi connectivity index (χ3n) is 5.00. The molecule has 0 aromatic heterocycles. The molecule has 0 saturated heterocycles. The number of aryl methyl sites for hydroxylation is 4. The standard InChI is InChI=1S/C19H26Si/c1-7-20(6,18-10-8-14(2)16(4)12-18)19-11-9-15(3)17(5)13-19/h8-13H,7H2,1-6H3. The Hall–Kier alpha value is -1.34. The zero-order valence-electron chi connectivity index (χ0n) is 13.7. The third kappa shape index (κ3) is 2.60. The van der Waals surface area contributed by atoms with Crippen molar-refractivity contribution in [3.63, 3.8) is 0 Å².